The minimum atomic E-state index is 0.478. The summed E-state index contributed by atoms with van der Waals surface area (Å²) in [7, 11) is 1.56. The molecule has 0 aliphatic carbocycles. The number of methoxy groups -OCH3 is 1. The van der Waals surface area contributed by atoms with Crippen molar-refractivity contribution in [1.82, 2.24) is 25.5 Å². The molecule has 2 aromatic rings. The Morgan fingerprint density at radius 2 is 2.05 bits per heavy atom. The monoisotopic (exact) mass is 273 g/mol. The van der Waals surface area contributed by atoms with Crippen LogP contribution in [0.15, 0.2) is 18.2 Å². The van der Waals surface area contributed by atoms with Crippen molar-refractivity contribution >= 4 is 0 Å². The van der Waals surface area contributed by atoms with Crippen molar-refractivity contribution in [2.24, 2.45) is 0 Å². The van der Waals surface area contributed by atoms with Gasteiger partial charge in [0.05, 0.1) is 12.8 Å². The van der Waals surface area contributed by atoms with Crippen molar-refractivity contribution in [3.63, 3.8) is 0 Å². The number of nitrogens with one attached hydrogen (secondary N) is 1. The Balaban J connectivity index is 2.21. The lowest BCUT2D eigenvalue weighted by Crippen LogP contribution is -2.15. The normalized spacial score (nSPS) is 10.6. The molecular weight excluding hydrogens is 254 g/mol. The second-order valence-corrected chi connectivity index (χ2v) is 4.46. The van der Waals surface area contributed by atoms with E-state index in [0.717, 1.165) is 30.9 Å². The maximum atomic E-state index is 4.99. The zero-order chi connectivity index (χ0) is 14.4. The molecule has 0 saturated heterocycles. The standard InChI is InChI=1S/C14H19N5O/c1-4-7-15-9-11-8-10(2)16-14(17-11)12-5-6-13(20-3)19-18-12/h5-6,8,15H,4,7,9H2,1-3H3. The van der Waals surface area contributed by atoms with E-state index in [0.29, 0.717) is 17.4 Å². The van der Waals surface area contributed by atoms with Crippen LogP contribution in [-0.2, 0) is 6.54 Å². The van der Waals surface area contributed by atoms with Crippen LogP contribution >= 0.6 is 0 Å². The van der Waals surface area contributed by atoms with E-state index in [4.69, 9.17) is 4.74 Å². The molecule has 0 unspecified atom stereocenters. The third-order valence-corrected chi connectivity index (χ3v) is 2.72. The fourth-order valence-corrected chi connectivity index (χ4v) is 1.78. The topological polar surface area (TPSA) is 72.8 Å². The molecule has 0 aromatic carbocycles. The summed E-state index contributed by atoms with van der Waals surface area (Å²) in [6.07, 6.45) is 1.10. The quantitative estimate of drug-likeness (QED) is 0.808. The second kappa shape index (κ2) is 6.91. The summed E-state index contributed by atoms with van der Waals surface area (Å²) in [5.74, 6) is 1.07. The van der Waals surface area contributed by atoms with Crippen LogP contribution in [0.1, 0.15) is 24.7 Å². The van der Waals surface area contributed by atoms with E-state index >= 15 is 0 Å². The molecule has 106 valence electrons. The second-order valence-electron chi connectivity index (χ2n) is 4.46. The van der Waals surface area contributed by atoms with Crippen LogP contribution in [0.3, 0.4) is 0 Å². The average Bonchev–Trinajstić information content (AvgIpc) is 2.47. The summed E-state index contributed by atoms with van der Waals surface area (Å²) >= 11 is 0. The van der Waals surface area contributed by atoms with Crippen LogP contribution < -0.4 is 10.1 Å². The minimum Gasteiger partial charge on any atom is -0.480 e. The van der Waals surface area contributed by atoms with Crippen molar-refractivity contribution in [3.05, 3.63) is 29.6 Å². The molecule has 6 nitrogen and oxygen atoms in total. The number of aryl methyl sites for hydroxylation is 1. The molecule has 0 atom stereocenters. The van der Waals surface area contributed by atoms with Crippen molar-refractivity contribution in [3.8, 4) is 17.4 Å². The first kappa shape index (κ1) is 14.3. The van der Waals surface area contributed by atoms with Crippen molar-refractivity contribution in [2.75, 3.05) is 13.7 Å². The van der Waals surface area contributed by atoms with Crippen molar-refractivity contribution in [2.45, 2.75) is 26.8 Å². The Labute approximate surface area is 118 Å². The average molecular weight is 273 g/mol. The number of nitrogens with zero attached hydrogens (tertiary/aromatic N) is 4. The maximum Gasteiger partial charge on any atom is 0.233 e. The molecule has 2 rings (SSSR count). The molecule has 0 radical (unpaired) electrons. The van der Waals surface area contributed by atoms with E-state index in [1.54, 1.807) is 13.2 Å². The van der Waals surface area contributed by atoms with E-state index in [1.807, 2.05) is 19.1 Å². The Hall–Kier alpha value is -2.08. The smallest absolute Gasteiger partial charge is 0.233 e. The number of hydrogen-bond donors (Lipinski definition) is 1. The summed E-state index contributed by atoms with van der Waals surface area (Å²) in [4.78, 5) is 8.92. The van der Waals surface area contributed by atoms with Gasteiger partial charge in [-0.2, -0.15) is 0 Å². The lowest BCUT2D eigenvalue weighted by atomic mass is 10.3. The Bertz CT molecular complexity index is 556. The highest BCUT2D eigenvalue weighted by Crippen LogP contribution is 2.14. The minimum absolute atomic E-state index is 0.478. The van der Waals surface area contributed by atoms with Gasteiger partial charge in [0, 0.05) is 18.3 Å². The predicted octanol–water partition coefficient (Wildman–Crippen LogP) is 1.75. The fraction of sp³-hybridized carbons (Fsp3) is 0.429. The van der Waals surface area contributed by atoms with Crippen LogP contribution in [0, 0.1) is 6.92 Å². The highest BCUT2D eigenvalue weighted by molar-refractivity contribution is 5.48. The van der Waals surface area contributed by atoms with E-state index in [9.17, 15) is 0 Å². The molecule has 0 fully saturated rings. The predicted molar refractivity (Wildman–Crippen MR) is 76.3 cm³/mol. The Kier molecular flexibility index (Phi) is 4.95. The molecule has 2 heterocycles. The highest BCUT2D eigenvalue weighted by atomic mass is 16.5. The lowest BCUT2D eigenvalue weighted by molar-refractivity contribution is 0.392. The van der Waals surface area contributed by atoms with Gasteiger partial charge in [-0.05, 0) is 32.0 Å². The van der Waals surface area contributed by atoms with E-state index < -0.39 is 0 Å². The van der Waals surface area contributed by atoms with Gasteiger partial charge in [-0.25, -0.2) is 9.97 Å². The number of aromatic nitrogens is 4. The van der Waals surface area contributed by atoms with Crippen LogP contribution in [0.25, 0.3) is 11.5 Å². The van der Waals surface area contributed by atoms with Gasteiger partial charge in [0.1, 0.15) is 5.69 Å². The third kappa shape index (κ3) is 3.71. The van der Waals surface area contributed by atoms with E-state index in [2.05, 4.69) is 32.4 Å². The summed E-state index contributed by atoms with van der Waals surface area (Å²) < 4.78 is 4.99. The van der Waals surface area contributed by atoms with Gasteiger partial charge in [-0.3, -0.25) is 0 Å². The maximum absolute atomic E-state index is 4.99. The lowest BCUT2D eigenvalue weighted by Gasteiger charge is -2.06. The molecule has 20 heavy (non-hydrogen) atoms. The van der Waals surface area contributed by atoms with Gasteiger partial charge in [0.15, 0.2) is 5.82 Å². The summed E-state index contributed by atoms with van der Waals surface area (Å²) in [5, 5.41) is 11.3. The molecule has 2 aromatic heterocycles. The molecule has 1 N–H and O–H groups in total. The van der Waals surface area contributed by atoms with Crippen LogP contribution in [-0.4, -0.2) is 33.8 Å². The first-order chi connectivity index (χ1) is 9.72. The largest absolute Gasteiger partial charge is 0.480 e. The van der Waals surface area contributed by atoms with E-state index in [1.165, 1.54) is 0 Å². The zero-order valence-electron chi connectivity index (χ0n) is 12.1. The first-order valence-corrected chi connectivity index (χ1v) is 6.66. The van der Waals surface area contributed by atoms with Gasteiger partial charge in [-0.15, -0.1) is 10.2 Å². The van der Waals surface area contributed by atoms with E-state index in [-0.39, 0.29) is 0 Å². The number of hydrogen-bond acceptors (Lipinski definition) is 6. The van der Waals surface area contributed by atoms with Gasteiger partial charge < -0.3 is 10.1 Å². The fourth-order valence-electron chi connectivity index (χ4n) is 1.78. The number of ether oxygens (including phenoxy) is 1. The highest BCUT2D eigenvalue weighted by Gasteiger charge is 2.07. The van der Waals surface area contributed by atoms with Crippen molar-refractivity contribution in [1.29, 1.82) is 0 Å². The van der Waals surface area contributed by atoms with Crippen molar-refractivity contribution < 1.29 is 4.74 Å². The van der Waals surface area contributed by atoms with Gasteiger partial charge in [0.2, 0.25) is 5.88 Å². The van der Waals surface area contributed by atoms with Gasteiger partial charge in [0.25, 0.3) is 0 Å². The summed E-state index contributed by atoms with van der Waals surface area (Å²) in [6, 6.07) is 5.54. The van der Waals surface area contributed by atoms with Crippen LogP contribution in [0.2, 0.25) is 0 Å². The molecule has 0 saturated carbocycles. The van der Waals surface area contributed by atoms with Gasteiger partial charge >= 0.3 is 0 Å². The first-order valence-electron chi connectivity index (χ1n) is 6.66. The zero-order valence-corrected chi connectivity index (χ0v) is 12.1. The molecule has 0 aliphatic rings. The van der Waals surface area contributed by atoms with Crippen LogP contribution in [0.5, 0.6) is 5.88 Å². The molecule has 0 bridgehead atoms. The summed E-state index contributed by atoms with van der Waals surface area (Å²) in [6.45, 7) is 5.79. The molecule has 0 amide bonds. The third-order valence-electron chi connectivity index (χ3n) is 2.72. The Morgan fingerprint density at radius 3 is 2.70 bits per heavy atom. The molecule has 0 spiro atoms. The Morgan fingerprint density at radius 1 is 1.20 bits per heavy atom. The van der Waals surface area contributed by atoms with Crippen LogP contribution in [0.4, 0.5) is 0 Å². The van der Waals surface area contributed by atoms with Gasteiger partial charge in [-0.1, -0.05) is 6.92 Å². The number of rotatable bonds is 6. The molecule has 6 heteroatoms. The SMILES string of the molecule is CCCNCc1cc(C)nc(-c2ccc(OC)nn2)n1. The molecule has 0 aliphatic heterocycles. The summed E-state index contributed by atoms with van der Waals surface area (Å²) in [5.41, 5.74) is 2.52. The molecular formula is C14H19N5O.